The summed E-state index contributed by atoms with van der Waals surface area (Å²) in [5.74, 6) is 0.983. The Balaban J connectivity index is 1.96. The van der Waals surface area contributed by atoms with Crippen molar-refractivity contribution in [1.82, 2.24) is 15.6 Å². The lowest BCUT2D eigenvalue weighted by Crippen LogP contribution is -2.31. The topological polar surface area (TPSA) is 72.5 Å². The molecule has 1 aromatic heterocycles. The molecule has 23 heavy (non-hydrogen) atoms. The number of rotatable bonds is 9. The van der Waals surface area contributed by atoms with Crippen LogP contribution >= 0.6 is 11.3 Å². The molecular weight excluding hydrogens is 314 g/mol. The molecule has 0 unspecified atom stereocenters. The lowest BCUT2D eigenvalue weighted by atomic mass is 10.2. The SMILES string of the molecule is CCNCCNC(=O)c1ccc(OCc2cscn2)c(OC)c1. The molecule has 0 aliphatic rings. The monoisotopic (exact) mass is 335 g/mol. The second-order valence-corrected chi connectivity index (χ2v) is 5.46. The van der Waals surface area contributed by atoms with E-state index in [0.717, 1.165) is 18.8 Å². The van der Waals surface area contributed by atoms with Gasteiger partial charge in [0.2, 0.25) is 0 Å². The average Bonchev–Trinajstić information content (AvgIpc) is 3.10. The van der Waals surface area contributed by atoms with E-state index < -0.39 is 0 Å². The van der Waals surface area contributed by atoms with Crippen molar-refractivity contribution in [3.8, 4) is 11.5 Å². The highest BCUT2D eigenvalue weighted by atomic mass is 32.1. The fraction of sp³-hybridized carbons (Fsp3) is 0.375. The molecule has 0 saturated heterocycles. The summed E-state index contributed by atoms with van der Waals surface area (Å²) in [5, 5.41) is 7.93. The quantitative estimate of drug-likeness (QED) is 0.687. The molecule has 0 saturated carbocycles. The predicted molar refractivity (Wildman–Crippen MR) is 90.3 cm³/mol. The number of ether oxygens (including phenoxy) is 2. The molecule has 0 aliphatic carbocycles. The number of likely N-dealkylation sites (N-methyl/N-ethyl adjacent to an activating group) is 1. The van der Waals surface area contributed by atoms with Crippen LogP contribution in [0.3, 0.4) is 0 Å². The van der Waals surface area contributed by atoms with Crippen molar-refractivity contribution in [1.29, 1.82) is 0 Å². The van der Waals surface area contributed by atoms with Crippen molar-refractivity contribution in [3.05, 3.63) is 40.3 Å². The van der Waals surface area contributed by atoms with E-state index in [1.807, 2.05) is 12.3 Å². The highest BCUT2D eigenvalue weighted by molar-refractivity contribution is 7.07. The Morgan fingerprint density at radius 1 is 1.30 bits per heavy atom. The first-order valence-corrected chi connectivity index (χ1v) is 8.35. The van der Waals surface area contributed by atoms with Gasteiger partial charge in [-0.25, -0.2) is 4.98 Å². The van der Waals surface area contributed by atoms with Crippen LogP contribution in [-0.4, -0.2) is 37.6 Å². The summed E-state index contributed by atoms with van der Waals surface area (Å²) < 4.78 is 11.0. The molecule has 2 rings (SSSR count). The summed E-state index contributed by atoms with van der Waals surface area (Å²) in [6.45, 7) is 4.60. The molecule has 6 nitrogen and oxygen atoms in total. The minimum Gasteiger partial charge on any atom is -0.493 e. The van der Waals surface area contributed by atoms with Crippen LogP contribution in [0.15, 0.2) is 29.1 Å². The van der Waals surface area contributed by atoms with Crippen molar-refractivity contribution in [2.24, 2.45) is 0 Å². The van der Waals surface area contributed by atoms with Gasteiger partial charge < -0.3 is 20.1 Å². The van der Waals surface area contributed by atoms with Crippen LogP contribution in [0, 0.1) is 0 Å². The van der Waals surface area contributed by atoms with Crippen LogP contribution in [-0.2, 0) is 6.61 Å². The fourth-order valence-corrected chi connectivity index (χ4v) is 2.47. The van der Waals surface area contributed by atoms with Gasteiger partial charge in [0, 0.05) is 24.0 Å². The molecule has 0 radical (unpaired) electrons. The van der Waals surface area contributed by atoms with Crippen LogP contribution in [0.1, 0.15) is 23.0 Å². The molecule has 1 amide bonds. The van der Waals surface area contributed by atoms with E-state index in [-0.39, 0.29) is 5.91 Å². The number of nitrogens with one attached hydrogen (secondary N) is 2. The summed E-state index contributed by atoms with van der Waals surface area (Å²) in [6, 6.07) is 5.14. The van der Waals surface area contributed by atoms with Gasteiger partial charge in [-0.1, -0.05) is 6.92 Å². The minimum absolute atomic E-state index is 0.132. The van der Waals surface area contributed by atoms with Gasteiger partial charge in [-0.05, 0) is 24.7 Å². The van der Waals surface area contributed by atoms with E-state index in [2.05, 4.69) is 15.6 Å². The first-order chi connectivity index (χ1) is 11.2. The van der Waals surface area contributed by atoms with Gasteiger partial charge in [0.1, 0.15) is 6.61 Å². The molecule has 1 aromatic carbocycles. The van der Waals surface area contributed by atoms with E-state index >= 15 is 0 Å². The maximum absolute atomic E-state index is 12.1. The number of nitrogens with zero attached hydrogens (tertiary/aromatic N) is 1. The zero-order chi connectivity index (χ0) is 16.5. The van der Waals surface area contributed by atoms with Gasteiger partial charge in [0.05, 0.1) is 18.3 Å². The van der Waals surface area contributed by atoms with Gasteiger partial charge >= 0.3 is 0 Å². The highest BCUT2D eigenvalue weighted by Crippen LogP contribution is 2.28. The van der Waals surface area contributed by atoms with Gasteiger partial charge in [-0.3, -0.25) is 4.79 Å². The smallest absolute Gasteiger partial charge is 0.251 e. The average molecular weight is 335 g/mol. The Bertz CT molecular complexity index is 617. The third-order valence-corrected chi connectivity index (χ3v) is 3.76. The molecule has 124 valence electrons. The number of aromatic nitrogens is 1. The summed E-state index contributed by atoms with van der Waals surface area (Å²) in [5.41, 5.74) is 3.16. The molecule has 0 atom stereocenters. The van der Waals surface area contributed by atoms with Crippen LogP contribution in [0.2, 0.25) is 0 Å². The lowest BCUT2D eigenvalue weighted by Gasteiger charge is -2.12. The minimum atomic E-state index is -0.132. The lowest BCUT2D eigenvalue weighted by molar-refractivity contribution is 0.0953. The van der Waals surface area contributed by atoms with E-state index in [1.165, 1.54) is 11.3 Å². The second-order valence-electron chi connectivity index (χ2n) is 4.74. The Labute approximate surface area is 139 Å². The third kappa shape index (κ3) is 5.22. The molecule has 7 heteroatoms. The van der Waals surface area contributed by atoms with Crippen molar-refractivity contribution < 1.29 is 14.3 Å². The number of hydrogen-bond donors (Lipinski definition) is 2. The standard InChI is InChI=1S/C16H21N3O3S/c1-3-17-6-7-18-16(20)12-4-5-14(15(8-12)21-2)22-9-13-10-23-11-19-13/h4-5,8,10-11,17H,3,6-7,9H2,1-2H3,(H,18,20). The highest BCUT2D eigenvalue weighted by Gasteiger charge is 2.11. The zero-order valence-corrected chi connectivity index (χ0v) is 14.1. The molecule has 0 fully saturated rings. The number of methoxy groups -OCH3 is 1. The van der Waals surface area contributed by atoms with Crippen molar-refractivity contribution >= 4 is 17.2 Å². The van der Waals surface area contributed by atoms with E-state index in [0.29, 0.717) is 30.2 Å². The van der Waals surface area contributed by atoms with Crippen LogP contribution in [0.25, 0.3) is 0 Å². The number of hydrogen-bond acceptors (Lipinski definition) is 6. The van der Waals surface area contributed by atoms with Crippen LogP contribution < -0.4 is 20.1 Å². The predicted octanol–water partition coefficient (Wildman–Crippen LogP) is 2.07. The molecule has 0 spiro atoms. The van der Waals surface area contributed by atoms with E-state index in [1.54, 1.807) is 30.8 Å². The van der Waals surface area contributed by atoms with Crippen LogP contribution in [0.4, 0.5) is 0 Å². The maximum atomic E-state index is 12.1. The Hall–Kier alpha value is -2.12. The zero-order valence-electron chi connectivity index (χ0n) is 13.3. The molecule has 0 bridgehead atoms. The van der Waals surface area contributed by atoms with Crippen molar-refractivity contribution in [3.63, 3.8) is 0 Å². The Morgan fingerprint density at radius 2 is 2.17 bits per heavy atom. The van der Waals surface area contributed by atoms with Gasteiger partial charge in [-0.2, -0.15) is 0 Å². The third-order valence-electron chi connectivity index (χ3n) is 3.12. The Kier molecular flexibility index (Phi) is 6.83. The van der Waals surface area contributed by atoms with E-state index in [4.69, 9.17) is 9.47 Å². The second kappa shape index (κ2) is 9.12. The summed E-state index contributed by atoms with van der Waals surface area (Å²) in [6.07, 6.45) is 0. The summed E-state index contributed by atoms with van der Waals surface area (Å²) in [4.78, 5) is 16.3. The number of carbonyl (C=O) groups is 1. The summed E-state index contributed by atoms with van der Waals surface area (Å²) in [7, 11) is 1.55. The number of carbonyl (C=O) groups excluding carboxylic acids is 1. The fourth-order valence-electron chi connectivity index (χ4n) is 1.93. The normalized spacial score (nSPS) is 10.3. The first-order valence-electron chi connectivity index (χ1n) is 7.41. The van der Waals surface area contributed by atoms with Crippen LogP contribution in [0.5, 0.6) is 11.5 Å². The van der Waals surface area contributed by atoms with Crippen molar-refractivity contribution in [2.75, 3.05) is 26.7 Å². The molecule has 2 aromatic rings. The molecular formula is C16H21N3O3S. The molecule has 1 heterocycles. The molecule has 0 aliphatic heterocycles. The number of benzene rings is 1. The van der Waals surface area contributed by atoms with Crippen molar-refractivity contribution in [2.45, 2.75) is 13.5 Å². The van der Waals surface area contributed by atoms with Gasteiger partial charge in [0.25, 0.3) is 5.91 Å². The van der Waals surface area contributed by atoms with Gasteiger partial charge in [-0.15, -0.1) is 11.3 Å². The largest absolute Gasteiger partial charge is 0.493 e. The summed E-state index contributed by atoms with van der Waals surface area (Å²) >= 11 is 1.52. The number of amides is 1. The molecule has 2 N–H and O–H groups in total. The van der Waals surface area contributed by atoms with E-state index in [9.17, 15) is 4.79 Å². The first kappa shape index (κ1) is 17.2. The number of thiazole rings is 1. The Morgan fingerprint density at radius 3 is 2.87 bits per heavy atom. The van der Waals surface area contributed by atoms with Gasteiger partial charge in [0.15, 0.2) is 11.5 Å². The maximum Gasteiger partial charge on any atom is 0.251 e.